The number of rotatable bonds is 6. The van der Waals surface area contributed by atoms with Crippen molar-refractivity contribution in [3.8, 4) is 11.6 Å². The molecular formula is C16H17NO5. The zero-order valence-corrected chi connectivity index (χ0v) is 12.2. The van der Waals surface area contributed by atoms with Crippen molar-refractivity contribution >= 4 is 5.97 Å². The Labute approximate surface area is 127 Å². The fraction of sp³-hybridized carbons (Fsp3) is 0.250. The molecule has 0 amide bonds. The zero-order chi connectivity index (χ0) is 15.9. The average molecular weight is 303 g/mol. The number of aryl methyl sites for hydroxylation is 1. The molecule has 6 heteroatoms. The zero-order valence-electron chi connectivity index (χ0n) is 12.2. The van der Waals surface area contributed by atoms with E-state index in [0.717, 1.165) is 4.57 Å². The Bertz CT molecular complexity index is 693. The molecule has 0 saturated carbocycles. The summed E-state index contributed by atoms with van der Waals surface area (Å²) in [6, 6.07) is 11.8. The summed E-state index contributed by atoms with van der Waals surface area (Å²) in [5.74, 6) is -0.114. The van der Waals surface area contributed by atoms with E-state index < -0.39 is 5.97 Å². The molecule has 22 heavy (non-hydrogen) atoms. The van der Waals surface area contributed by atoms with Crippen LogP contribution in [0.25, 0.3) is 0 Å². The van der Waals surface area contributed by atoms with Gasteiger partial charge in [0.2, 0.25) is 0 Å². The average Bonchev–Trinajstić information content (AvgIpc) is 2.49. The van der Waals surface area contributed by atoms with Gasteiger partial charge in [0.1, 0.15) is 12.4 Å². The van der Waals surface area contributed by atoms with Gasteiger partial charge in [0.25, 0.3) is 5.56 Å². The first-order valence-electron chi connectivity index (χ1n) is 6.80. The lowest BCUT2D eigenvalue weighted by atomic mass is 10.3. The van der Waals surface area contributed by atoms with Gasteiger partial charge in [-0.2, -0.15) is 0 Å². The maximum Gasteiger partial charge on any atom is 0.344 e. The van der Waals surface area contributed by atoms with E-state index >= 15 is 0 Å². The maximum atomic E-state index is 11.7. The number of pyridine rings is 1. The quantitative estimate of drug-likeness (QED) is 0.818. The summed E-state index contributed by atoms with van der Waals surface area (Å²) in [7, 11) is 0. The molecule has 1 N–H and O–H groups in total. The van der Waals surface area contributed by atoms with Crippen LogP contribution in [0.4, 0.5) is 0 Å². The number of ether oxygens (including phenoxy) is 2. The Morgan fingerprint density at radius 2 is 1.95 bits per heavy atom. The van der Waals surface area contributed by atoms with Crippen LogP contribution >= 0.6 is 0 Å². The number of hydrogen-bond donors (Lipinski definition) is 1. The first-order valence-corrected chi connectivity index (χ1v) is 6.80. The van der Waals surface area contributed by atoms with Gasteiger partial charge in [-0.05, 0) is 24.6 Å². The highest BCUT2D eigenvalue weighted by atomic mass is 16.6. The number of hydrogen-bond acceptors (Lipinski definition) is 5. The number of para-hydroxylation sites is 1. The molecule has 116 valence electrons. The van der Waals surface area contributed by atoms with E-state index in [9.17, 15) is 14.7 Å². The molecule has 0 radical (unpaired) electrons. The summed E-state index contributed by atoms with van der Waals surface area (Å²) < 4.78 is 11.4. The van der Waals surface area contributed by atoms with Gasteiger partial charge in [-0.1, -0.05) is 18.2 Å². The molecule has 0 aliphatic heterocycles. The summed E-state index contributed by atoms with van der Waals surface area (Å²) in [6.07, 6.45) is 0. The predicted molar refractivity (Wildman–Crippen MR) is 80.0 cm³/mol. The third kappa shape index (κ3) is 4.37. The number of carbonyl (C=O) groups excluding carboxylic acids is 1. The molecule has 0 atom stereocenters. The predicted octanol–water partition coefficient (Wildman–Crippen LogP) is 1.48. The number of esters is 1. The number of aromatic hydroxyl groups is 1. The molecule has 1 aromatic heterocycles. The molecule has 1 aromatic carbocycles. The van der Waals surface area contributed by atoms with Crippen molar-refractivity contribution in [1.29, 1.82) is 0 Å². The molecule has 1 heterocycles. The molecule has 0 aliphatic carbocycles. The van der Waals surface area contributed by atoms with Gasteiger partial charge in [0.15, 0.2) is 12.5 Å². The monoisotopic (exact) mass is 303 g/mol. The second kappa shape index (κ2) is 7.31. The molecule has 0 spiro atoms. The maximum absolute atomic E-state index is 11.7. The minimum absolute atomic E-state index is 0.0203. The number of nitrogens with zero attached hydrogens (tertiary/aromatic N) is 1. The van der Waals surface area contributed by atoms with Gasteiger partial charge in [0.05, 0.1) is 6.54 Å². The van der Waals surface area contributed by atoms with Crippen LogP contribution in [0.3, 0.4) is 0 Å². The van der Waals surface area contributed by atoms with Crippen LogP contribution in [0.2, 0.25) is 0 Å². The lowest BCUT2D eigenvalue weighted by molar-refractivity contribution is -0.146. The van der Waals surface area contributed by atoms with Crippen LogP contribution in [0.5, 0.6) is 11.6 Å². The minimum Gasteiger partial charge on any atom is -0.494 e. The minimum atomic E-state index is -0.538. The van der Waals surface area contributed by atoms with Gasteiger partial charge >= 0.3 is 5.97 Å². The molecule has 0 saturated heterocycles. The van der Waals surface area contributed by atoms with Crippen molar-refractivity contribution in [2.24, 2.45) is 0 Å². The van der Waals surface area contributed by atoms with Gasteiger partial charge in [-0.3, -0.25) is 9.36 Å². The van der Waals surface area contributed by atoms with Crippen LogP contribution in [-0.4, -0.2) is 28.9 Å². The van der Waals surface area contributed by atoms with E-state index in [4.69, 9.17) is 9.47 Å². The van der Waals surface area contributed by atoms with Crippen molar-refractivity contribution < 1.29 is 19.4 Å². The SMILES string of the molecule is Cc1cc(O)n(CCOC(=O)COc2ccccc2)c(=O)c1. The van der Waals surface area contributed by atoms with Gasteiger partial charge in [0, 0.05) is 12.1 Å². The van der Waals surface area contributed by atoms with Gasteiger partial charge < -0.3 is 14.6 Å². The second-order valence-corrected chi connectivity index (χ2v) is 4.70. The molecule has 0 bridgehead atoms. The number of benzene rings is 1. The topological polar surface area (TPSA) is 77.8 Å². The fourth-order valence-corrected chi connectivity index (χ4v) is 1.88. The van der Waals surface area contributed by atoms with E-state index in [1.807, 2.05) is 6.07 Å². The van der Waals surface area contributed by atoms with Crippen LogP contribution in [0.1, 0.15) is 5.56 Å². The molecule has 0 unspecified atom stereocenters. The van der Waals surface area contributed by atoms with Crippen molar-refractivity contribution in [1.82, 2.24) is 4.57 Å². The van der Waals surface area contributed by atoms with E-state index in [0.29, 0.717) is 11.3 Å². The molecule has 2 aromatic rings. The van der Waals surface area contributed by atoms with Gasteiger partial charge in [-0.25, -0.2) is 4.79 Å². The molecule has 0 fully saturated rings. The Kier molecular flexibility index (Phi) is 5.19. The Balaban J connectivity index is 1.79. The van der Waals surface area contributed by atoms with E-state index in [1.54, 1.807) is 31.2 Å². The summed E-state index contributed by atoms with van der Waals surface area (Å²) in [6.45, 7) is 1.57. The summed E-state index contributed by atoms with van der Waals surface area (Å²) >= 11 is 0. The van der Waals surface area contributed by atoms with Crippen LogP contribution < -0.4 is 10.3 Å². The molecule has 2 rings (SSSR count). The summed E-state index contributed by atoms with van der Waals surface area (Å²) in [4.78, 5) is 23.2. The Morgan fingerprint density at radius 1 is 1.23 bits per heavy atom. The fourth-order valence-electron chi connectivity index (χ4n) is 1.88. The highest BCUT2D eigenvalue weighted by Crippen LogP contribution is 2.09. The van der Waals surface area contributed by atoms with Crippen molar-refractivity contribution in [3.63, 3.8) is 0 Å². The molecular weight excluding hydrogens is 286 g/mol. The lowest BCUT2D eigenvalue weighted by Gasteiger charge is -2.10. The Hall–Kier alpha value is -2.76. The lowest BCUT2D eigenvalue weighted by Crippen LogP contribution is -2.24. The summed E-state index contributed by atoms with van der Waals surface area (Å²) in [5.41, 5.74) is 0.334. The normalized spacial score (nSPS) is 10.2. The Morgan fingerprint density at radius 3 is 2.64 bits per heavy atom. The van der Waals surface area contributed by atoms with Gasteiger partial charge in [-0.15, -0.1) is 0 Å². The third-order valence-corrected chi connectivity index (χ3v) is 2.93. The van der Waals surface area contributed by atoms with E-state index in [-0.39, 0.29) is 31.2 Å². The van der Waals surface area contributed by atoms with Crippen molar-refractivity contribution in [2.45, 2.75) is 13.5 Å². The summed E-state index contributed by atoms with van der Waals surface area (Å²) in [5, 5.41) is 9.69. The van der Waals surface area contributed by atoms with E-state index in [2.05, 4.69) is 0 Å². The second-order valence-electron chi connectivity index (χ2n) is 4.70. The van der Waals surface area contributed by atoms with Crippen molar-refractivity contribution in [2.75, 3.05) is 13.2 Å². The number of carbonyl (C=O) groups is 1. The first kappa shape index (κ1) is 15.6. The molecule has 6 nitrogen and oxygen atoms in total. The van der Waals surface area contributed by atoms with Crippen LogP contribution in [0.15, 0.2) is 47.3 Å². The highest BCUT2D eigenvalue weighted by Gasteiger charge is 2.07. The van der Waals surface area contributed by atoms with Crippen LogP contribution in [0, 0.1) is 6.92 Å². The number of aromatic nitrogens is 1. The largest absolute Gasteiger partial charge is 0.494 e. The highest BCUT2D eigenvalue weighted by molar-refractivity contribution is 5.71. The standard InChI is InChI=1S/C16H17NO5/c1-12-9-14(18)17(15(19)10-12)7-8-21-16(20)11-22-13-5-3-2-4-6-13/h2-6,9-10,18H,7-8,11H2,1H3. The van der Waals surface area contributed by atoms with Crippen molar-refractivity contribution in [3.05, 3.63) is 58.4 Å². The van der Waals surface area contributed by atoms with Crippen LogP contribution in [-0.2, 0) is 16.1 Å². The smallest absolute Gasteiger partial charge is 0.344 e. The molecule has 0 aliphatic rings. The first-order chi connectivity index (χ1) is 10.6. The third-order valence-electron chi connectivity index (χ3n) is 2.93. The van der Waals surface area contributed by atoms with E-state index in [1.165, 1.54) is 12.1 Å².